The van der Waals surface area contributed by atoms with Crippen molar-refractivity contribution in [2.75, 3.05) is 0 Å². The summed E-state index contributed by atoms with van der Waals surface area (Å²) in [7, 11) is 0. The smallest absolute Gasteiger partial charge is 0.0237 e. The van der Waals surface area contributed by atoms with Gasteiger partial charge in [0, 0.05) is 34.1 Å². The van der Waals surface area contributed by atoms with E-state index in [0.29, 0.717) is 10.0 Å². The Balaban J connectivity index is 0.00000144. The number of pyridine rings is 1. The van der Waals surface area contributed by atoms with Crippen LogP contribution in [-0.4, -0.2) is 4.98 Å². The Labute approximate surface area is 149 Å². The summed E-state index contributed by atoms with van der Waals surface area (Å²) in [6.07, 6.45) is 1.80. The molecule has 22 heavy (non-hydrogen) atoms. The normalized spacial score (nSPS) is 10.8. The first-order valence-electron chi connectivity index (χ1n) is 6.64. The molecule has 4 aromatic rings. The fourth-order valence-corrected chi connectivity index (χ4v) is 3.37. The molecule has 1 aromatic heterocycles. The van der Waals surface area contributed by atoms with Crippen LogP contribution in [0.3, 0.4) is 0 Å². The molecule has 0 aliphatic rings. The van der Waals surface area contributed by atoms with Crippen molar-refractivity contribution in [1.82, 2.24) is 4.98 Å². The van der Waals surface area contributed by atoms with Crippen LogP contribution in [0.4, 0.5) is 0 Å². The van der Waals surface area contributed by atoms with Crippen molar-refractivity contribution < 1.29 is 17.4 Å². The number of nitrogens with zero attached hydrogens (tertiary/aromatic N) is 1. The second-order valence-corrected chi connectivity index (χ2v) is 5.69. The van der Waals surface area contributed by atoms with E-state index in [1.54, 1.807) is 6.20 Å². The van der Waals surface area contributed by atoms with Crippen molar-refractivity contribution in [3.05, 3.63) is 70.8 Å². The molecule has 3 aromatic carbocycles. The van der Waals surface area contributed by atoms with Gasteiger partial charge in [-0.05, 0) is 16.5 Å². The van der Waals surface area contributed by atoms with Crippen molar-refractivity contribution in [1.29, 1.82) is 0 Å². The predicted octanol–water partition coefficient (Wildman–Crippen LogP) is 6.08. The van der Waals surface area contributed by atoms with Gasteiger partial charge in [-0.15, -0.1) is 23.7 Å². The number of halogens is 2. The fourth-order valence-electron chi connectivity index (χ4n) is 2.81. The average Bonchev–Trinajstić information content (AvgIpc) is 2.79. The molecule has 1 heterocycles. The van der Waals surface area contributed by atoms with E-state index >= 15 is 0 Å². The number of aromatic nitrogens is 1. The maximum atomic E-state index is 6.51. The number of para-hydroxylation sites is 1. The second kappa shape index (κ2) is 5.99. The topological polar surface area (TPSA) is 12.9 Å². The molecular weight excluding hydrogens is 353 g/mol. The number of hydrogen-bond acceptors (Lipinski definition) is 1. The Hall–Kier alpha value is -1.43. The summed E-state index contributed by atoms with van der Waals surface area (Å²) < 4.78 is 0. The van der Waals surface area contributed by atoms with Gasteiger partial charge in [-0.1, -0.05) is 69.9 Å². The third kappa shape index (κ3) is 2.24. The fraction of sp³-hybridized carbons (Fsp3) is 0. The van der Waals surface area contributed by atoms with Gasteiger partial charge in [0.05, 0.1) is 0 Å². The van der Waals surface area contributed by atoms with Crippen LogP contribution in [0, 0.1) is 0 Å². The van der Waals surface area contributed by atoms with E-state index in [0.717, 1.165) is 32.8 Å². The van der Waals surface area contributed by atoms with Crippen LogP contribution in [0.15, 0.2) is 60.8 Å². The Morgan fingerprint density at radius 3 is 2.50 bits per heavy atom. The van der Waals surface area contributed by atoms with Crippen molar-refractivity contribution >= 4 is 44.9 Å². The van der Waals surface area contributed by atoms with Crippen molar-refractivity contribution in [3.8, 4) is 11.1 Å². The molecule has 0 bridgehead atoms. The van der Waals surface area contributed by atoms with Crippen LogP contribution in [0.5, 0.6) is 0 Å². The van der Waals surface area contributed by atoms with Crippen LogP contribution in [0.25, 0.3) is 32.8 Å². The van der Waals surface area contributed by atoms with Crippen LogP contribution in [0.2, 0.25) is 10.0 Å². The van der Waals surface area contributed by atoms with Crippen molar-refractivity contribution in [2.45, 2.75) is 0 Å². The van der Waals surface area contributed by atoms with Crippen molar-refractivity contribution in [2.24, 2.45) is 0 Å². The number of rotatable bonds is 1. The van der Waals surface area contributed by atoms with Gasteiger partial charge in [-0.2, -0.15) is 0 Å². The van der Waals surface area contributed by atoms with Gasteiger partial charge in [-0.25, -0.2) is 0 Å². The molecule has 0 fully saturated rings. The van der Waals surface area contributed by atoms with Gasteiger partial charge in [0.2, 0.25) is 0 Å². The van der Waals surface area contributed by atoms with Gasteiger partial charge >= 0.3 is 0 Å². The number of fused-ring (bicyclic) bond motifs is 2. The Morgan fingerprint density at radius 2 is 1.64 bits per heavy atom. The van der Waals surface area contributed by atoms with E-state index in [2.05, 4.69) is 4.98 Å². The maximum Gasteiger partial charge on any atom is 0.0237 e. The molecule has 4 rings (SSSR count). The molecule has 0 aliphatic heterocycles. The molecule has 0 spiro atoms. The maximum absolute atomic E-state index is 6.51. The summed E-state index contributed by atoms with van der Waals surface area (Å²) in [5.41, 5.74) is 2.91. The number of hydrogen-bond donors (Lipinski definition) is 0. The van der Waals surface area contributed by atoms with E-state index in [-0.39, 0.29) is 17.4 Å². The quantitative estimate of drug-likeness (QED) is 0.374. The first-order chi connectivity index (χ1) is 10.3. The third-order valence-electron chi connectivity index (χ3n) is 3.75. The Bertz CT molecular complexity index is 970. The van der Waals surface area contributed by atoms with Gasteiger partial charge in [0.1, 0.15) is 0 Å². The van der Waals surface area contributed by atoms with Gasteiger partial charge < -0.3 is 0 Å². The minimum Gasteiger partial charge on any atom is -0.288 e. The van der Waals surface area contributed by atoms with Crippen LogP contribution >= 0.6 is 23.2 Å². The molecule has 0 atom stereocenters. The average molecular weight is 363 g/mol. The third-order valence-corrected chi connectivity index (χ3v) is 4.61. The van der Waals surface area contributed by atoms with E-state index < -0.39 is 0 Å². The van der Waals surface area contributed by atoms with Gasteiger partial charge in [0.15, 0.2) is 0 Å². The zero-order valence-electron chi connectivity index (χ0n) is 11.4. The van der Waals surface area contributed by atoms with Crippen molar-refractivity contribution in [3.63, 3.8) is 0 Å². The standard InChI is InChI=1S/C18H10Cl2N.Cr/c19-16-13-8-2-1-7-12(13)15(17(16)20)14-9-3-5-11-6-4-10-21-18(11)14;/h1-10H;/q-1;. The second-order valence-electron chi connectivity index (χ2n) is 4.93. The van der Waals surface area contributed by atoms with E-state index in [9.17, 15) is 0 Å². The molecule has 0 saturated heterocycles. The first kappa shape index (κ1) is 15.5. The minimum atomic E-state index is 0. The molecule has 4 heteroatoms. The zero-order chi connectivity index (χ0) is 14.4. The monoisotopic (exact) mass is 362 g/mol. The SMILES string of the molecule is Clc1c(Cl)[c-](-c2cccc3cccnc23)c2ccccc12.[Cr]. The summed E-state index contributed by atoms with van der Waals surface area (Å²) in [5.74, 6) is 0. The molecule has 1 nitrogen and oxygen atoms in total. The minimum absolute atomic E-state index is 0. The Morgan fingerprint density at radius 1 is 0.864 bits per heavy atom. The summed E-state index contributed by atoms with van der Waals surface area (Å²) >= 11 is 12.9. The molecule has 0 aliphatic carbocycles. The predicted molar refractivity (Wildman–Crippen MR) is 90.3 cm³/mol. The summed E-state index contributed by atoms with van der Waals surface area (Å²) in [5, 5.41) is 4.33. The first-order valence-corrected chi connectivity index (χ1v) is 7.39. The molecule has 0 amide bonds. The zero-order valence-corrected chi connectivity index (χ0v) is 14.2. The summed E-state index contributed by atoms with van der Waals surface area (Å²) in [6, 6.07) is 18.1. The summed E-state index contributed by atoms with van der Waals surface area (Å²) in [6.45, 7) is 0. The summed E-state index contributed by atoms with van der Waals surface area (Å²) in [4.78, 5) is 4.51. The van der Waals surface area contributed by atoms with Gasteiger partial charge in [0.25, 0.3) is 0 Å². The van der Waals surface area contributed by atoms with Crippen LogP contribution in [-0.2, 0) is 17.4 Å². The molecule has 0 saturated carbocycles. The van der Waals surface area contributed by atoms with Crippen LogP contribution < -0.4 is 0 Å². The molecule has 108 valence electrons. The van der Waals surface area contributed by atoms with E-state index in [4.69, 9.17) is 23.2 Å². The number of benzene rings is 2. The Kier molecular flexibility index (Phi) is 4.21. The molecular formula is C18H10Cl2CrN-. The van der Waals surface area contributed by atoms with E-state index in [1.807, 2.05) is 54.6 Å². The van der Waals surface area contributed by atoms with E-state index in [1.165, 1.54) is 0 Å². The van der Waals surface area contributed by atoms with Gasteiger partial charge in [-0.3, -0.25) is 4.98 Å². The largest absolute Gasteiger partial charge is 0.288 e. The molecule has 0 unspecified atom stereocenters. The molecule has 0 radical (unpaired) electrons. The van der Waals surface area contributed by atoms with Crippen LogP contribution in [0.1, 0.15) is 0 Å². The molecule has 0 N–H and O–H groups in total.